The van der Waals surface area contributed by atoms with E-state index in [0.717, 1.165) is 50.1 Å². The predicted octanol–water partition coefficient (Wildman–Crippen LogP) is 4.77. The Morgan fingerprint density at radius 3 is 2.52 bits per heavy atom. The van der Waals surface area contributed by atoms with Gasteiger partial charge in [0.25, 0.3) is 0 Å². The van der Waals surface area contributed by atoms with Gasteiger partial charge in [-0.3, -0.25) is 9.69 Å². The van der Waals surface area contributed by atoms with Crippen molar-refractivity contribution in [2.24, 2.45) is 5.92 Å². The number of imidazole rings is 1. The van der Waals surface area contributed by atoms with E-state index in [4.69, 9.17) is 23.2 Å². The number of piperidine rings is 1. The molecule has 2 aromatic carbocycles. The Bertz CT molecular complexity index is 1010. The van der Waals surface area contributed by atoms with E-state index >= 15 is 0 Å². The maximum atomic E-state index is 12.7. The van der Waals surface area contributed by atoms with Crippen LogP contribution < -0.4 is 5.32 Å². The molecule has 2 heterocycles. The normalized spacial score (nSPS) is 15.2. The number of halogens is 2. The molecule has 0 radical (unpaired) electrons. The summed E-state index contributed by atoms with van der Waals surface area (Å²) in [4.78, 5) is 19.1. The quantitative estimate of drug-likeness (QED) is 0.556. The second-order valence-corrected chi connectivity index (χ2v) is 8.89. The molecule has 0 saturated carbocycles. The van der Waals surface area contributed by atoms with Crippen LogP contribution in [-0.2, 0) is 24.4 Å². The largest absolute Gasteiger partial charge is 0.352 e. The Balaban J connectivity index is 1.23. The topological polar surface area (TPSA) is 50.2 Å². The van der Waals surface area contributed by atoms with Gasteiger partial charge in [-0.15, -0.1) is 0 Å². The highest BCUT2D eigenvalue weighted by Crippen LogP contribution is 2.25. The number of nitrogens with zero attached hydrogens (tertiary/aromatic N) is 3. The van der Waals surface area contributed by atoms with Crippen LogP contribution in [0.4, 0.5) is 0 Å². The monoisotopic (exact) mass is 456 g/mol. The van der Waals surface area contributed by atoms with E-state index < -0.39 is 0 Å². The summed E-state index contributed by atoms with van der Waals surface area (Å²) in [7, 11) is 0. The Morgan fingerprint density at radius 1 is 1.00 bits per heavy atom. The third-order valence-corrected chi connectivity index (χ3v) is 6.47. The van der Waals surface area contributed by atoms with Crippen molar-refractivity contribution in [3.8, 4) is 0 Å². The number of carbonyl (C=O) groups is 1. The first-order chi connectivity index (χ1) is 15.1. The number of hydrogen-bond donors (Lipinski definition) is 1. The van der Waals surface area contributed by atoms with Crippen LogP contribution >= 0.6 is 23.2 Å². The zero-order valence-electron chi connectivity index (χ0n) is 17.3. The highest BCUT2D eigenvalue weighted by atomic mass is 35.5. The van der Waals surface area contributed by atoms with Crippen LogP contribution in [0.1, 0.15) is 29.5 Å². The van der Waals surface area contributed by atoms with E-state index in [1.165, 1.54) is 5.56 Å². The number of carbonyl (C=O) groups excluding carboxylic acids is 1. The van der Waals surface area contributed by atoms with Crippen molar-refractivity contribution in [3.63, 3.8) is 0 Å². The molecular formula is C24H26Cl2N4O. The lowest BCUT2D eigenvalue weighted by atomic mass is 9.95. The van der Waals surface area contributed by atoms with Crippen LogP contribution in [0.3, 0.4) is 0 Å². The molecule has 7 heteroatoms. The zero-order valence-corrected chi connectivity index (χ0v) is 18.8. The summed E-state index contributed by atoms with van der Waals surface area (Å²) >= 11 is 12.1. The summed E-state index contributed by atoms with van der Waals surface area (Å²) in [5.74, 6) is 0.216. The van der Waals surface area contributed by atoms with Crippen LogP contribution in [0.25, 0.3) is 0 Å². The van der Waals surface area contributed by atoms with Crippen molar-refractivity contribution in [3.05, 3.63) is 87.9 Å². The van der Waals surface area contributed by atoms with E-state index in [2.05, 4.69) is 33.4 Å². The molecule has 4 rings (SSSR count). The standard InChI is InChI=1S/C24H26Cl2N4O/c25-22-5-4-20(13-23(22)26)15-29-9-6-21(7-10-29)24(31)28-14-18-2-1-3-19(12-18)16-30-11-8-27-17-30/h1-5,8,11-13,17,21H,6-7,9-10,14-16H2,(H,28,31). The fraction of sp³-hybridized carbons (Fsp3) is 0.333. The highest BCUT2D eigenvalue weighted by Gasteiger charge is 2.24. The van der Waals surface area contributed by atoms with Crippen molar-refractivity contribution in [2.75, 3.05) is 13.1 Å². The summed E-state index contributed by atoms with van der Waals surface area (Å²) in [6.07, 6.45) is 7.27. The molecule has 1 fully saturated rings. The summed E-state index contributed by atoms with van der Waals surface area (Å²) in [5, 5.41) is 4.29. The van der Waals surface area contributed by atoms with Gasteiger partial charge >= 0.3 is 0 Å². The number of amides is 1. The summed E-state index contributed by atoms with van der Waals surface area (Å²) < 4.78 is 2.03. The molecule has 0 spiro atoms. The van der Waals surface area contributed by atoms with Crippen LogP contribution in [0, 0.1) is 5.92 Å². The van der Waals surface area contributed by atoms with Gasteiger partial charge < -0.3 is 9.88 Å². The average Bonchev–Trinajstić information content (AvgIpc) is 3.28. The molecule has 0 atom stereocenters. The summed E-state index contributed by atoms with van der Waals surface area (Å²) in [5.41, 5.74) is 3.45. The molecule has 162 valence electrons. The number of likely N-dealkylation sites (tertiary alicyclic amines) is 1. The molecule has 3 aromatic rings. The lowest BCUT2D eigenvalue weighted by molar-refractivity contribution is -0.126. The molecule has 1 aliphatic heterocycles. The molecule has 0 aliphatic carbocycles. The molecule has 1 amide bonds. The lowest BCUT2D eigenvalue weighted by Crippen LogP contribution is -2.40. The van der Waals surface area contributed by atoms with Crippen LogP contribution in [-0.4, -0.2) is 33.4 Å². The molecule has 0 unspecified atom stereocenters. The fourth-order valence-corrected chi connectivity index (χ4v) is 4.33. The highest BCUT2D eigenvalue weighted by molar-refractivity contribution is 6.42. The lowest BCUT2D eigenvalue weighted by Gasteiger charge is -2.31. The maximum absolute atomic E-state index is 12.7. The van der Waals surface area contributed by atoms with Gasteiger partial charge in [-0.1, -0.05) is 53.5 Å². The number of nitrogens with one attached hydrogen (secondary N) is 1. The minimum absolute atomic E-state index is 0.0687. The minimum Gasteiger partial charge on any atom is -0.352 e. The van der Waals surface area contributed by atoms with Crippen molar-refractivity contribution in [2.45, 2.75) is 32.5 Å². The zero-order chi connectivity index (χ0) is 21.6. The average molecular weight is 457 g/mol. The molecule has 0 bridgehead atoms. The SMILES string of the molecule is O=C(NCc1cccc(Cn2ccnc2)c1)C1CCN(Cc2ccc(Cl)c(Cl)c2)CC1. The van der Waals surface area contributed by atoms with E-state index in [0.29, 0.717) is 16.6 Å². The second kappa shape index (κ2) is 10.3. The fourth-order valence-electron chi connectivity index (χ4n) is 4.01. The van der Waals surface area contributed by atoms with Gasteiger partial charge in [-0.2, -0.15) is 0 Å². The van der Waals surface area contributed by atoms with Gasteiger partial charge in [-0.05, 0) is 54.8 Å². The smallest absolute Gasteiger partial charge is 0.223 e. The molecule has 31 heavy (non-hydrogen) atoms. The van der Waals surface area contributed by atoms with Gasteiger partial charge in [0.15, 0.2) is 0 Å². The van der Waals surface area contributed by atoms with Gasteiger partial charge in [0.2, 0.25) is 5.91 Å². The predicted molar refractivity (Wildman–Crippen MR) is 124 cm³/mol. The Labute approximate surface area is 193 Å². The molecule has 1 aromatic heterocycles. The van der Waals surface area contributed by atoms with E-state index in [-0.39, 0.29) is 11.8 Å². The van der Waals surface area contributed by atoms with Gasteiger partial charge in [0, 0.05) is 37.9 Å². The number of benzene rings is 2. The molecule has 1 N–H and O–H groups in total. The number of hydrogen-bond acceptors (Lipinski definition) is 3. The minimum atomic E-state index is 0.0687. The third kappa shape index (κ3) is 6.10. The maximum Gasteiger partial charge on any atom is 0.223 e. The van der Waals surface area contributed by atoms with E-state index in [1.54, 1.807) is 6.20 Å². The van der Waals surface area contributed by atoms with Crippen molar-refractivity contribution in [1.82, 2.24) is 19.8 Å². The summed E-state index contributed by atoms with van der Waals surface area (Å²) in [6.45, 7) is 3.96. The molecule has 5 nitrogen and oxygen atoms in total. The Morgan fingerprint density at radius 2 is 1.77 bits per heavy atom. The number of rotatable bonds is 7. The molecular weight excluding hydrogens is 431 g/mol. The summed E-state index contributed by atoms with van der Waals surface area (Å²) in [6, 6.07) is 14.1. The first-order valence-electron chi connectivity index (χ1n) is 10.5. The van der Waals surface area contributed by atoms with E-state index in [1.807, 2.05) is 41.4 Å². The third-order valence-electron chi connectivity index (χ3n) is 5.73. The van der Waals surface area contributed by atoms with Crippen LogP contribution in [0.15, 0.2) is 61.2 Å². The van der Waals surface area contributed by atoms with Crippen molar-refractivity contribution >= 4 is 29.1 Å². The first kappa shape index (κ1) is 21.9. The Kier molecular flexibility index (Phi) is 7.28. The van der Waals surface area contributed by atoms with Gasteiger partial charge in [-0.25, -0.2) is 4.98 Å². The van der Waals surface area contributed by atoms with E-state index in [9.17, 15) is 4.79 Å². The first-order valence-corrected chi connectivity index (χ1v) is 11.3. The Hall–Kier alpha value is -2.34. The van der Waals surface area contributed by atoms with Gasteiger partial charge in [0.1, 0.15) is 0 Å². The van der Waals surface area contributed by atoms with Crippen LogP contribution in [0.2, 0.25) is 10.0 Å². The van der Waals surface area contributed by atoms with Crippen LogP contribution in [0.5, 0.6) is 0 Å². The van der Waals surface area contributed by atoms with Crippen molar-refractivity contribution < 1.29 is 4.79 Å². The van der Waals surface area contributed by atoms with Gasteiger partial charge in [0.05, 0.1) is 16.4 Å². The molecule has 1 aliphatic rings. The van der Waals surface area contributed by atoms with Crippen molar-refractivity contribution in [1.29, 1.82) is 0 Å². The second-order valence-electron chi connectivity index (χ2n) is 8.07. The molecule has 1 saturated heterocycles. The number of aromatic nitrogens is 2.